The van der Waals surface area contributed by atoms with Crippen LogP contribution >= 0.6 is 12.2 Å². The molecule has 10 heteroatoms. The highest BCUT2D eigenvalue weighted by Crippen LogP contribution is 2.13. The van der Waals surface area contributed by atoms with Crippen LogP contribution in [-0.2, 0) is 0 Å². The molecular weight excluding hydrogens is 372 g/mol. The monoisotopic (exact) mass is 388 g/mol. The Kier molecular flexibility index (Phi) is 6.78. The molecule has 0 unspecified atom stereocenters. The van der Waals surface area contributed by atoms with Crippen LogP contribution in [0.15, 0.2) is 48.5 Å². The molecule has 2 aromatic rings. The second kappa shape index (κ2) is 9.25. The van der Waals surface area contributed by atoms with Gasteiger partial charge in [-0.2, -0.15) is 0 Å². The summed E-state index contributed by atoms with van der Waals surface area (Å²) >= 11 is 4.96. The van der Waals surface area contributed by atoms with Crippen molar-refractivity contribution in [3.8, 4) is 5.75 Å². The standard InChI is InChI=1S/C17H16N4O5S/c1-2-26-14-5-3-4-12(10-14)15(22)18-17(27)20-19-16(23)11-6-8-13(9-7-11)21(24)25/h3-10H,2H2,1H3,(H,19,23)(H2,18,20,22,27). The van der Waals surface area contributed by atoms with Gasteiger partial charge in [0, 0.05) is 23.3 Å². The summed E-state index contributed by atoms with van der Waals surface area (Å²) in [4.78, 5) is 34.2. The van der Waals surface area contributed by atoms with Crippen LogP contribution in [0, 0.1) is 10.1 Å². The lowest BCUT2D eigenvalue weighted by Gasteiger charge is -2.11. The molecule has 2 rings (SSSR count). The van der Waals surface area contributed by atoms with Crippen molar-refractivity contribution in [3.63, 3.8) is 0 Å². The highest BCUT2D eigenvalue weighted by Gasteiger charge is 2.12. The van der Waals surface area contributed by atoms with E-state index in [0.29, 0.717) is 17.9 Å². The number of thiocarbonyl (C=S) groups is 1. The van der Waals surface area contributed by atoms with Crippen LogP contribution in [0.4, 0.5) is 5.69 Å². The number of rotatable bonds is 5. The average Bonchev–Trinajstić information content (AvgIpc) is 2.66. The molecule has 0 radical (unpaired) electrons. The zero-order chi connectivity index (χ0) is 19.8. The minimum atomic E-state index is -0.570. The van der Waals surface area contributed by atoms with Gasteiger partial charge in [0.15, 0.2) is 5.11 Å². The first kappa shape index (κ1) is 19.8. The smallest absolute Gasteiger partial charge is 0.269 e. The molecule has 0 aromatic heterocycles. The van der Waals surface area contributed by atoms with E-state index in [1.54, 1.807) is 24.3 Å². The quantitative estimate of drug-likeness (QED) is 0.406. The molecule has 0 aliphatic rings. The number of carbonyl (C=O) groups excluding carboxylic acids is 2. The Morgan fingerprint density at radius 3 is 2.41 bits per heavy atom. The molecule has 0 aliphatic carbocycles. The Bertz CT molecular complexity index is 870. The Balaban J connectivity index is 1.88. The fourth-order valence-corrected chi connectivity index (χ4v) is 2.16. The number of nitrogens with one attached hydrogen (secondary N) is 3. The third-order valence-corrected chi connectivity index (χ3v) is 3.47. The average molecular weight is 388 g/mol. The summed E-state index contributed by atoms with van der Waals surface area (Å²) in [6, 6.07) is 11.6. The van der Waals surface area contributed by atoms with Crippen LogP contribution in [0.5, 0.6) is 5.75 Å². The van der Waals surface area contributed by atoms with Gasteiger partial charge in [-0.05, 0) is 49.5 Å². The predicted octanol–water partition coefficient (Wildman–Crippen LogP) is 1.94. The van der Waals surface area contributed by atoms with Gasteiger partial charge in [0.2, 0.25) is 0 Å². The summed E-state index contributed by atoms with van der Waals surface area (Å²) in [5.74, 6) is -0.492. The van der Waals surface area contributed by atoms with Crippen molar-refractivity contribution in [1.29, 1.82) is 0 Å². The van der Waals surface area contributed by atoms with E-state index in [4.69, 9.17) is 17.0 Å². The van der Waals surface area contributed by atoms with Gasteiger partial charge in [-0.15, -0.1) is 0 Å². The molecule has 140 valence electrons. The summed E-state index contributed by atoms with van der Waals surface area (Å²) in [5.41, 5.74) is 5.09. The van der Waals surface area contributed by atoms with Crippen LogP contribution in [0.1, 0.15) is 27.6 Å². The van der Waals surface area contributed by atoms with E-state index in [2.05, 4.69) is 16.2 Å². The fraction of sp³-hybridized carbons (Fsp3) is 0.118. The van der Waals surface area contributed by atoms with Gasteiger partial charge in [0.05, 0.1) is 11.5 Å². The first-order valence-corrected chi connectivity index (χ1v) is 8.20. The van der Waals surface area contributed by atoms with Gasteiger partial charge < -0.3 is 4.74 Å². The van der Waals surface area contributed by atoms with Gasteiger partial charge in [-0.1, -0.05) is 6.07 Å². The zero-order valence-corrected chi connectivity index (χ0v) is 15.0. The molecule has 0 heterocycles. The topological polar surface area (TPSA) is 123 Å². The molecule has 0 aliphatic heterocycles. The molecule has 0 saturated heterocycles. The van der Waals surface area contributed by atoms with Crippen LogP contribution in [0.3, 0.4) is 0 Å². The summed E-state index contributed by atoms with van der Waals surface area (Å²) < 4.78 is 5.33. The molecule has 27 heavy (non-hydrogen) atoms. The minimum Gasteiger partial charge on any atom is -0.494 e. The van der Waals surface area contributed by atoms with E-state index in [1.165, 1.54) is 24.3 Å². The third-order valence-electron chi connectivity index (χ3n) is 3.26. The maximum absolute atomic E-state index is 12.2. The molecule has 0 spiro atoms. The van der Waals surface area contributed by atoms with E-state index in [1.807, 2.05) is 6.92 Å². The van der Waals surface area contributed by atoms with Crippen molar-refractivity contribution in [3.05, 3.63) is 69.8 Å². The van der Waals surface area contributed by atoms with E-state index in [-0.39, 0.29) is 16.4 Å². The number of benzene rings is 2. The maximum Gasteiger partial charge on any atom is 0.269 e. The van der Waals surface area contributed by atoms with Gasteiger partial charge in [-0.25, -0.2) is 0 Å². The van der Waals surface area contributed by atoms with Crippen LogP contribution in [0.25, 0.3) is 0 Å². The number of hydrazine groups is 1. The van der Waals surface area contributed by atoms with Crippen LogP contribution < -0.4 is 20.9 Å². The lowest BCUT2D eigenvalue weighted by atomic mass is 10.2. The summed E-state index contributed by atoms with van der Waals surface area (Å²) in [7, 11) is 0. The van der Waals surface area contributed by atoms with E-state index in [9.17, 15) is 19.7 Å². The molecule has 2 aromatic carbocycles. The summed E-state index contributed by atoms with van der Waals surface area (Å²) in [6.07, 6.45) is 0. The second-order valence-corrected chi connectivity index (χ2v) is 5.54. The first-order chi connectivity index (χ1) is 12.9. The predicted molar refractivity (Wildman–Crippen MR) is 101 cm³/mol. The number of hydrogen-bond donors (Lipinski definition) is 3. The van der Waals surface area contributed by atoms with Crippen molar-refractivity contribution in [1.82, 2.24) is 16.2 Å². The molecule has 0 fully saturated rings. The number of nitrogens with zero attached hydrogens (tertiary/aromatic N) is 1. The molecule has 0 saturated carbocycles. The second-order valence-electron chi connectivity index (χ2n) is 5.13. The number of ether oxygens (including phenoxy) is 1. The fourth-order valence-electron chi connectivity index (χ4n) is 2.02. The summed E-state index contributed by atoms with van der Waals surface area (Å²) in [6.45, 7) is 2.30. The molecule has 2 amide bonds. The summed E-state index contributed by atoms with van der Waals surface area (Å²) in [5, 5.41) is 12.9. The lowest BCUT2D eigenvalue weighted by Crippen LogP contribution is -2.48. The molecule has 9 nitrogen and oxygen atoms in total. The van der Waals surface area contributed by atoms with Crippen molar-refractivity contribution in [2.75, 3.05) is 6.61 Å². The maximum atomic E-state index is 12.2. The Labute approximate surface area is 159 Å². The Morgan fingerprint density at radius 1 is 1.07 bits per heavy atom. The Morgan fingerprint density at radius 2 is 1.78 bits per heavy atom. The van der Waals surface area contributed by atoms with E-state index < -0.39 is 16.7 Å². The molecule has 0 bridgehead atoms. The lowest BCUT2D eigenvalue weighted by molar-refractivity contribution is -0.384. The van der Waals surface area contributed by atoms with Crippen molar-refractivity contribution in [2.24, 2.45) is 0 Å². The number of amides is 2. The van der Waals surface area contributed by atoms with E-state index in [0.717, 1.165) is 0 Å². The van der Waals surface area contributed by atoms with Crippen LogP contribution in [-0.4, -0.2) is 28.5 Å². The van der Waals surface area contributed by atoms with Crippen LogP contribution in [0.2, 0.25) is 0 Å². The normalized spacial score (nSPS) is 9.81. The number of non-ortho nitro benzene ring substituents is 1. The molecule has 3 N–H and O–H groups in total. The van der Waals surface area contributed by atoms with Gasteiger partial charge >= 0.3 is 0 Å². The number of nitro groups is 1. The van der Waals surface area contributed by atoms with Gasteiger partial charge in [0.25, 0.3) is 17.5 Å². The highest BCUT2D eigenvalue weighted by molar-refractivity contribution is 7.80. The van der Waals surface area contributed by atoms with E-state index >= 15 is 0 Å². The number of nitro benzene ring substituents is 1. The zero-order valence-electron chi connectivity index (χ0n) is 14.2. The van der Waals surface area contributed by atoms with Crippen molar-refractivity contribution in [2.45, 2.75) is 6.92 Å². The SMILES string of the molecule is CCOc1cccc(C(=O)NC(=S)NNC(=O)c2ccc([N+](=O)[O-])cc2)c1. The van der Waals surface area contributed by atoms with Gasteiger partial charge in [0.1, 0.15) is 5.75 Å². The van der Waals surface area contributed by atoms with Gasteiger partial charge in [-0.3, -0.25) is 35.9 Å². The largest absolute Gasteiger partial charge is 0.494 e. The molecular formula is C17H16N4O5S. The highest BCUT2D eigenvalue weighted by atomic mass is 32.1. The number of carbonyl (C=O) groups is 2. The molecule has 0 atom stereocenters. The minimum absolute atomic E-state index is 0.114. The van der Waals surface area contributed by atoms with Crippen molar-refractivity contribution < 1.29 is 19.2 Å². The number of hydrogen-bond acceptors (Lipinski definition) is 6. The third kappa shape index (κ3) is 5.75. The Hall–Kier alpha value is -3.53. The van der Waals surface area contributed by atoms with Crippen molar-refractivity contribution >= 4 is 34.8 Å². The first-order valence-electron chi connectivity index (χ1n) is 7.79.